The van der Waals surface area contributed by atoms with Crippen LogP contribution in [0.1, 0.15) is 30.3 Å². The van der Waals surface area contributed by atoms with Crippen molar-refractivity contribution >= 4 is 34.2 Å². The molecule has 3 aromatic rings. The van der Waals surface area contributed by atoms with Crippen molar-refractivity contribution in [3.63, 3.8) is 0 Å². The summed E-state index contributed by atoms with van der Waals surface area (Å²) in [5.74, 6) is 1.33. The summed E-state index contributed by atoms with van der Waals surface area (Å²) in [5.41, 5.74) is 3.34. The fourth-order valence-electron chi connectivity index (χ4n) is 3.82. The Morgan fingerprint density at radius 2 is 1.76 bits per heavy atom. The Labute approximate surface area is 158 Å². The molecule has 0 atom stereocenters. The molecule has 130 valence electrons. The highest BCUT2D eigenvalue weighted by atomic mass is 35.5. The zero-order valence-corrected chi connectivity index (χ0v) is 15.5. The predicted molar refractivity (Wildman–Crippen MR) is 104 cm³/mol. The summed E-state index contributed by atoms with van der Waals surface area (Å²) >= 11 is 12.6. The lowest BCUT2D eigenvalue weighted by Crippen LogP contribution is -2.34. The van der Waals surface area contributed by atoms with Crippen LogP contribution >= 0.6 is 23.2 Å². The number of hydrogen-bond acceptors (Lipinski definition) is 2. The van der Waals surface area contributed by atoms with E-state index in [9.17, 15) is 0 Å². The maximum atomic E-state index is 6.47. The standard InChI is InChI=1S/C20H21Cl2N3/c21-13-19-23-18-8-4-7-17(22)20(18)25(19)16-9-11-24(12-10-16)14-15-5-2-1-3-6-15/h1-8,16H,9-14H2. The number of imidazole rings is 1. The van der Waals surface area contributed by atoms with Crippen LogP contribution in [-0.2, 0) is 12.4 Å². The van der Waals surface area contributed by atoms with Crippen LogP contribution in [0, 0.1) is 0 Å². The third-order valence-corrected chi connectivity index (χ3v) is 5.57. The molecule has 1 aliphatic rings. The highest BCUT2D eigenvalue weighted by molar-refractivity contribution is 6.35. The largest absolute Gasteiger partial charge is 0.323 e. The lowest BCUT2D eigenvalue weighted by atomic mass is 10.0. The van der Waals surface area contributed by atoms with Gasteiger partial charge in [-0.15, -0.1) is 11.6 Å². The summed E-state index contributed by atoms with van der Waals surface area (Å²) < 4.78 is 2.28. The first-order chi connectivity index (χ1) is 12.3. The van der Waals surface area contributed by atoms with Gasteiger partial charge in [0, 0.05) is 25.7 Å². The molecule has 4 rings (SSSR count). The number of halogens is 2. The zero-order chi connectivity index (χ0) is 17.2. The van der Waals surface area contributed by atoms with Crippen molar-refractivity contribution in [1.82, 2.24) is 14.5 Å². The van der Waals surface area contributed by atoms with Gasteiger partial charge < -0.3 is 4.57 Å². The van der Waals surface area contributed by atoms with Crippen molar-refractivity contribution in [2.24, 2.45) is 0 Å². The van der Waals surface area contributed by atoms with E-state index in [0.29, 0.717) is 11.9 Å². The molecular formula is C20H21Cl2N3. The van der Waals surface area contributed by atoms with Gasteiger partial charge in [-0.05, 0) is 30.5 Å². The van der Waals surface area contributed by atoms with Crippen molar-refractivity contribution in [2.75, 3.05) is 13.1 Å². The lowest BCUT2D eigenvalue weighted by molar-refractivity contribution is 0.180. The van der Waals surface area contributed by atoms with Crippen molar-refractivity contribution in [1.29, 1.82) is 0 Å². The second kappa shape index (κ2) is 7.36. The first kappa shape index (κ1) is 16.9. The Morgan fingerprint density at radius 1 is 1.00 bits per heavy atom. The summed E-state index contributed by atoms with van der Waals surface area (Å²) in [6.45, 7) is 3.16. The normalized spacial score (nSPS) is 16.6. The summed E-state index contributed by atoms with van der Waals surface area (Å²) in [6.07, 6.45) is 2.18. The number of likely N-dealkylation sites (tertiary alicyclic amines) is 1. The second-order valence-corrected chi connectivity index (χ2v) is 7.31. The number of fused-ring (bicyclic) bond motifs is 1. The molecule has 1 fully saturated rings. The first-order valence-corrected chi connectivity index (χ1v) is 9.65. The number of benzene rings is 2. The Kier molecular flexibility index (Phi) is 4.98. The van der Waals surface area contributed by atoms with E-state index < -0.39 is 0 Å². The molecule has 0 spiro atoms. The first-order valence-electron chi connectivity index (χ1n) is 8.74. The second-order valence-electron chi connectivity index (χ2n) is 6.63. The van der Waals surface area contributed by atoms with E-state index in [1.165, 1.54) is 5.56 Å². The lowest BCUT2D eigenvalue weighted by Gasteiger charge is -2.33. The van der Waals surface area contributed by atoms with Gasteiger partial charge in [0.15, 0.2) is 0 Å². The minimum atomic E-state index is 0.408. The van der Waals surface area contributed by atoms with E-state index >= 15 is 0 Å². The molecule has 1 saturated heterocycles. The van der Waals surface area contributed by atoms with Crippen molar-refractivity contribution in [3.05, 3.63) is 64.9 Å². The van der Waals surface area contributed by atoms with E-state index in [4.69, 9.17) is 23.2 Å². The van der Waals surface area contributed by atoms with Crippen molar-refractivity contribution in [2.45, 2.75) is 31.3 Å². The topological polar surface area (TPSA) is 21.1 Å². The van der Waals surface area contributed by atoms with Gasteiger partial charge in [0.05, 0.1) is 21.9 Å². The molecule has 0 N–H and O–H groups in total. The van der Waals surface area contributed by atoms with Gasteiger partial charge in [-0.1, -0.05) is 48.0 Å². The molecular weight excluding hydrogens is 353 g/mol. The number of para-hydroxylation sites is 1. The Bertz CT molecular complexity index is 852. The molecule has 0 aliphatic carbocycles. The van der Waals surface area contributed by atoms with Crippen molar-refractivity contribution in [3.8, 4) is 0 Å². The summed E-state index contributed by atoms with van der Waals surface area (Å²) in [7, 11) is 0. The van der Waals surface area contributed by atoms with Crippen molar-refractivity contribution < 1.29 is 0 Å². The van der Waals surface area contributed by atoms with Crippen LogP contribution in [0.25, 0.3) is 11.0 Å². The number of nitrogens with zero attached hydrogens (tertiary/aromatic N) is 3. The molecule has 1 aliphatic heterocycles. The quantitative estimate of drug-likeness (QED) is 0.581. The van der Waals surface area contributed by atoms with Gasteiger partial charge in [-0.3, -0.25) is 4.90 Å². The fourth-order valence-corrected chi connectivity index (χ4v) is 4.27. The number of alkyl halides is 1. The fraction of sp³-hybridized carbons (Fsp3) is 0.350. The molecule has 0 bridgehead atoms. The minimum Gasteiger partial charge on any atom is -0.323 e. The maximum absolute atomic E-state index is 6.47. The molecule has 2 aromatic carbocycles. The van der Waals surface area contributed by atoms with Crippen LogP contribution in [-0.4, -0.2) is 27.5 Å². The van der Waals surface area contributed by atoms with Gasteiger partial charge in [0.25, 0.3) is 0 Å². The summed E-state index contributed by atoms with van der Waals surface area (Å²) in [6, 6.07) is 17.0. The third-order valence-electron chi connectivity index (χ3n) is 5.02. The van der Waals surface area contributed by atoms with Gasteiger partial charge in [-0.25, -0.2) is 4.98 Å². The smallest absolute Gasteiger partial charge is 0.125 e. The van der Waals surface area contributed by atoms with E-state index in [0.717, 1.165) is 54.4 Å². The molecule has 3 nitrogen and oxygen atoms in total. The molecule has 2 heterocycles. The Morgan fingerprint density at radius 3 is 2.48 bits per heavy atom. The highest BCUT2D eigenvalue weighted by Gasteiger charge is 2.25. The van der Waals surface area contributed by atoms with Crippen LogP contribution in [0.2, 0.25) is 5.02 Å². The maximum Gasteiger partial charge on any atom is 0.125 e. The highest BCUT2D eigenvalue weighted by Crippen LogP contribution is 2.33. The molecule has 0 unspecified atom stereocenters. The summed E-state index contributed by atoms with van der Waals surface area (Å²) in [5, 5.41) is 0.757. The average Bonchev–Trinajstić information content (AvgIpc) is 3.03. The SMILES string of the molecule is ClCc1nc2cccc(Cl)c2n1C1CCN(Cc2ccccc2)CC1. The number of hydrogen-bond donors (Lipinski definition) is 0. The minimum absolute atomic E-state index is 0.408. The van der Waals surface area contributed by atoms with E-state index in [2.05, 4.69) is 44.8 Å². The average molecular weight is 374 g/mol. The molecule has 0 amide bonds. The monoisotopic (exact) mass is 373 g/mol. The van der Waals surface area contributed by atoms with Crippen LogP contribution < -0.4 is 0 Å². The van der Waals surface area contributed by atoms with Gasteiger partial charge in [0.2, 0.25) is 0 Å². The van der Waals surface area contributed by atoms with E-state index in [1.807, 2.05) is 18.2 Å². The molecule has 25 heavy (non-hydrogen) atoms. The van der Waals surface area contributed by atoms with Gasteiger partial charge in [-0.2, -0.15) is 0 Å². The Hall–Kier alpha value is -1.55. The van der Waals surface area contributed by atoms with Gasteiger partial charge >= 0.3 is 0 Å². The van der Waals surface area contributed by atoms with E-state index in [-0.39, 0.29) is 0 Å². The number of aromatic nitrogens is 2. The number of rotatable bonds is 4. The number of piperidine rings is 1. The van der Waals surface area contributed by atoms with Crippen LogP contribution in [0.4, 0.5) is 0 Å². The van der Waals surface area contributed by atoms with Crippen LogP contribution in [0.15, 0.2) is 48.5 Å². The van der Waals surface area contributed by atoms with Crippen LogP contribution in [0.3, 0.4) is 0 Å². The molecule has 0 radical (unpaired) electrons. The zero-order valence-electron chi connectivity index (χ0n) is 14.0. The third kappa shape index (κ3) is 3.41. The van der Waals surface area contributed by atoms with Gasteiger partial charge in [0.1, 0.15) is 5.82 Å². The predicted octanol–water partition coefficient (Wildman–Crippen LogP) is 5.27. The molecule has 0 saturated carbocycles. The molecule has 1 aromatic heterocycles. The van der Waals surface area contributed by atoms with Crippen LogP contribution in [0.5, 0.6) is 0 Å². The Balaban J connectivity index is 1.54. The molecule has 5 heteroatoms. The van der Waals surface area contributed by atoms with E-state index in [1.54, 1.807) is 0 Å². The summed E-state index contributed by atoms with van der Waals surface area (Å²) in [4.78, 5) is 7.21.